The predicted molar refractivity (Wildman–Crippen MR) is 113 cm³/mol. The van der Waals surface area contributed by atoms with Crippen molar-refractivity contribution in [2.75, 3.05) is 7.11 Å². The molecule has 0 aliphatic carbocycles. The van der Waals surface area contributed by atoms with Crippen LogP contribution < -0.4 is 4.74 Å². The highest BCUT2D eigenvalue weighted by Crippen LogP contribution is 2.45. The Hall–Kier alpha value is -2.04. The lowest BCUT2D eigenvalue weighted by molar-refractivity contribution is 0.415. The van der Waals surface area contributed by atoms with E-state index >= 15 is 0 Å². The van der Waals surface area contributed by atoms with Crippen LogP contribution in [0.3, 0.4) is 0 Å². The number of nitrogens with zero attached hydrogens (tertiary/aromatic N) is 1. The largest absolute Gasteiger partial charge is 0.497 e. The molecule has 2 nitrogen and oxygen atoms in total. The molecule has 0 amide bonds. The molecule has 4 heteroatoms. The second kappa shape index (κ2) is 7.68. The van der Waals surface area contributed by atoms with Gasteiger partial charge in [-0.25, -0.2) is 0 Å². The van der Waals surface area contributed by atoms with E-state index in [0.29, 0.717) is 5.25 Å². The van der Waals surface area contributed by atoms with Crippen LogP contribution >= 0.6 is 27.7 Å². The first-order chi connectivity index (χ1) is 12.7. The average Bonchev–Trinajstić information content (AvgIpc) is 2.88. The molecule has 0 fully saturated rings. The second-order valence-corrected chi connectivity index (χ2v) is 8.28. The van der Waals surface area contributed by atoms with Gasteiger partial charge in [0.05, 0.1) is 12.8 Å². The summed E-state index contributed by atoms with van der Waals surface area (Å²) in [6.45, 7) is 0. The van der Waals surface area contributed by atoms with Gasteiger partial charge in [0.15, 0.2) is 0 Å². The molecule has 0 saturated heterocycles. The number of thioether (sulfide) groups is 1. The van der Waals surface area contributed by atoms with Crippen LogP contribution in [-0.4, -0.2) is 12.8 Å². The van der Waals surface area contributed by atoms with Crippen LogP contribution in [-0.2, 0) is 0 Å². The summed E-state index contributed by atoms with van der Waals surface area (Å²) in [5.74, 6) is 0.862. The molecule has 1 aliphatic rings. The smallest absolute Gasteiger partial charge is 0.118 e. The van der Waals surface area contributed by atoms with Crippen molar-refractivity contribution in [1.29, 1.82) is 0 Å². The molecule has 0 N–H and O–H groups in total. The Balaban J connectivity index is 1.77. The maximum atomic E-state index is 5.29. The summed E-state index contributed by atoms with van der Waals surface area (Å²) in [6, 6.07) is 25.1. The zero-order valence-electron chi connectivity index (χ0n) is 14.4. The van der Waals surface area contributed by atoms with Gasteiger partial charge in [-0.2, -0.15) is 0 Å². The molecule has 0 bridgehead atoms. The third-order valence-corrected chi connectivity index (χ3v) is 6.23. The molecule has 26 heavy (non-hydrogen) atoms. The number of ether oxygens (including phenoxy) is 1. The molecule has 0 spiro atoms. The van der Waals surface area contributed by atoms with Crippen LogP contribution in [0.15, 0.2) is 87.2 Å². The summed E-state index contributed by atoms with van der Waals surface area (Å²) in [7, 11) is 1.69. The van der Waals surface area contributed by atoms with Gasteiger partial charge in [0.1, 0.15) is 5.75 Å². The number of rotatable bonds is 3. The lowest BCUT2D eigenvalue weighted by atomic mass is 10.0. The number of methoxy groups -OCH3 is 1. The summed E-state index contributed by atoms with van der Waals surface area (Å²) < 4.78 is 6.40. The Morgan fingerprint density at radius 1 is 1.00 bits per heavy atom. The Morgan fingerprint density at radius 3 is 2.58 bits per heavy atom. The van der Waals surface area contributed by atoms with E-state index < -0.39 is 0 Å². The van der Waals surface area contributed by atoms with Gasteiger partial charge in [-0.15, -0.1) is 11.8 Å². The van der Waals surface area contributed by atoms with E-state index in [4.69, 9.17) is 9.73 Å². The summed E-state index contributed by atoms with van der Waals surface area (Å²) in [5.41, 5.74) is 4.60. The van der Waals surface area contributed by atoms with Gasteiger partial charge in [-0.3, -0.25) is 4.99 Å². The standard InChI is InChI=1S/C22H18BrNOS/c1-25-18-11-9-15(10-12-18)20-14-22(16-5-4-6-17(23)13-16)26-21-8-3-2-7-19(21)24-20/h2-13,22H,14H2,1H3/t22-/m1/s1. The molecule has 1 heterocycles. The summed E-state index contributed by atoms with van der Waals surface area (Å²) in [6.07, 6.45) is 0.877. The highest BCUT2D eigenvalue weighted by Gasteiger charge is 2.22. The van der Waals surface area contributed by atoms with Gasteiger partial charge >= 0.3 is 0 Å². The highest BCUT2D eigenvalue weighted by molar-refractivity contribution is 9.10. The van der Waals surface area contributed by atoms with Crippen molar-refractivity contribution >= 4 is 39.1 Å². The Bertz CT molecular complexity index is 952. The zero-order valence-corrected chi connectivity index (χ0v) is 16.8. The van der Waals surface area contributed by atoms with E-state index in [1.807, 2.05) is 30.0 Å². The highest BCUT2D eigenvalue weighted by atomic mass is 79.9. The molecule has 0 saturated carbocycles. The van der Waals surface area contributed by atoms with Crippen molar-refractivity contribution in [3.05, 3.63) is 88.4 Å². The number of para-hydroxylation sites is 1. The number of halogens is 1. The SMILES string of the molecule is COc1ccc(C2=Nc3ccccc3S[C@@H](c3cccc(Br)c3)C2)cc1. The molecular formula is C22H18BrNOS. The number of fused-ring (bicyclic) bond motifs is 1. The molecule has 1 aliphatic heterocycles. The second-order valence-electron chi connectivity index (χ2n) is 6.12. The maximum Gasteiger partial charge on any atom is 0.118 e. The summed E-state index contributed by atoms with van der Waals surface area (Å²) in [5, 5.41) is 0.317. The lowest BCUT2D eigenvalue weighted by Gasteiger charge is -2.16. The van der Waals surface area contributed by atoms with Crippen LogP contribution in [0.1, 0.15) is 22.8 Å². The van der Waals surface area contributed by atoms with Crippen LogP contribution in [0, 0.1) is 0 Å². The predicted octanol–water partition coefficient (Wildman–Crippen LogP) is 6.82. The number of aliphatic imine (C=N–C) groups is 1. The molecule has 0 unspecified atom stereocenters. The fourth-order valence-electron chi connectivity index (χ4n) is 3.07. The first-order valence-corrected chi connectivity index (χ1v) is 10.1. The van der Waals surface area contributed by atoms with E-state index in [0.717, 1.165) is 33.6 Å². The van der Waals surface area contributed by atoms with E-state index in [-0.39, 0.29) is 0 Å². The molecule has 3 aromatic carbocycles. The number of hydrogen-bond donors (Lipinski definition) is 0. The molecule has 130 valence electrons. The van der Waals surface area contributed by atoms with Gasteiger partial charge in [0.2, 0.25) is 0 Å². The van der Waals surface area contributed by atoms with Crippen LogP contribution in [0.4, 0.5) is 5.69 Å². The molecule has 0 aromatic heterocycles. The van der Waals surface area contributed by atoms with E-state index in [1.165, 1.54) is 10.5 Å². The van der Waals surface area contributed by atoms with Crippen molar-refractivity contribution in [1.82, 2.24) is 0 Å². The molecule has 1 atom stereocenters. The van der Waals surface area contributed by atoms with Gasteiger partial charge in [0.25, 0.3) is 0 Å². The van der Waals surface area contributed by atoms with Crippen molar-refractivity contribution in [3.63, 3.8) is 0 Å². The number of benzene rings is 3. The minimum atomic E-state index is 0.317. The van der Waals surface area contributed by atoms with E-state index in [9.17, 15) is 0 Å². The van der Waals surface area contributed by atoms with Crippen molar-refractivity contribution in [2.45, 2.75) is 16.6 Å². The van der Waals surface area contributed by atoms with Crippen molar-refractivity contribution in [3.8, 4) is 5.75 Å². The van der Waals surface area contributed by atoms with Crippen LogP contribution in [0.5, 0.6) is 5.75 Å². The van der Waals surface area contributed by atoms with Gasteiger partial charge in [-0.05, 0) is 59.7 Å². The minimum Gasteiger partial charge on any atom is -0.497 e. The normalized spacial score (nSPS) is 16.4. The molecule has 4 rings (SSSR count). The fourth-order valence-corrected chi connectivity index (χ4v) is 4.71. The minimum absolute atomic E-state index is 0.317. The van der Waals surface area contributed by atoms with Crippen molar-refractivity contribution in [2.24, 2.45) is 4.99 Å². The number of hydrogen-bond acceptors (Lipinski definition) is 3. The Morgan fingerprint density at radius 2 is 1.81 bits per heavy atom. The van der Waals surface area contributed by atoms with Gasteiger partial charge < -0.3 is 4.74 Å². The first-order valence-electron chi connectivity index (χ1n) is 8.46. The summed E-state index contributed by atoms with van der Waals surface area (Å²) in [4.78, 5) is 6.23. The molecule has 3 aromatic rings. The van der Waals surface area contributed by atoms with Crippen molar-refractivity contribution < 1.29 is 4.74 Å². The first kappa shape index (κ1) is 17.4. The quantitative estimate of drug-likeness (QED) is 0.460. The van der Waals surface area contributed by atoms with E-state index in [1.54, 1.807) is 7.11 Å². The molecule has 0 radical (unpaired) electrons. The fraction of sp³-hybridized carbons (Fsp3) is 0.136. The Labute approximate surface area is 166 Å². The third kappa shape index (κ3) is 3.71. The average molecular weight is 424 g/mol. The van der Waals surface area contributed by atoms with Crippen LogP contribution in [0.2, 0.25) is 0 Å². The molecular weight excluding hydrogens is 406 g/mol. The zero-order chi connectivity index (χ0) is 17.9. The Kier molecular flexibility index (Phi) is 5.14. The van der Waals surface area contributed by atoms with Crippen LogP contribution in [0.25, 0.3) is 0 Å². The maximum absolute atomic E-state index is 5.29. The third-order valence-electron chi connectivity index (χ3n) is 4.41. The monoisotopic (exact) mass is 423 g/mol. The summed E-state index contributed by atoms with van der Waals surface area (Å²) >= 11 is 5.49. The topological polar surface area (TPSA) is 21.6 Å². The van der Waals surface area contributed by atoms with E-state index in [2.05, 4.69) is 70.5 Å². The van der Waals surface area contributed by atoms with Gasteiger partial charge in [0, 0.05) is 26.8 Å². The lowest BCUT2D eigenvalue weighted by Crippen LogP contribution is -2.05. The van der Waals surface area contributed by atoms with Gasteiger partial charge in [-0.1, -0.05) is 40.2 Å².